The minimum Gasteiger partial charge on any atom is -0.497 e. The number of fused-ring (bicyclic) bond motifs is 1. The fourth-order valence-electron chi connectivity index (χ4n) is 4.42. The van der Waals surface area contributed by atoms with Gasteiger partial charge in [-0.05, 0) is 36.8 Å². The van der Waals surface area contributed by atoms with E-state index in [2.05, 4.69) is 23.3 Å². The van der Waals surface area contributed by atoms with Crippen molar-refractivity contribution in [3.8, 4) is 5.75 Å². The number of carbonyl (C=O) groups excluding carboxylic acids is 1. The summed E-state index contributed by atoms with van der Waals surface area (Å²) >= 11 is 12.6. The zero-order valence-corrected chi connectivity index (χ0v) is 16.5. The van der Waals surface area contributed by atoms with Gasteiger partial charge >= 0.3 is 0 Å². The lowest BCUT2D eigenvalue weighted by Crippen LogP contribution is -2.33. The first kappa shape index (κ1) is 18.3. The molecule has 1 N–H and O–H groups in total. The number of amides is 1. The van der Waals surface area contributed by atoms with Crippen molar-refractivity contribution in [2.24, 2.45) is 11.8 Å². The van der Waals surface area contributed by atoms with E-state index in [1.165, 1.54) is 0 Å². The monoisotopic (exact) mass is 402 g/mol. The van der Waals surface area contributed by atoms with Crippen molar-refractivity contribution < 1.29 is 9.53 Å². The fourth-order valence-corrected chi connectivity index (χ4v) is 4.83. The molecule has 1 aromatic carbocycles. The van der Waals surface area contributed by atoms with Gasteiger partial charge in [-0.3, -0.25) is 9.78 Å². The van der Waals surface area contributed by atoms with Crippen LogP contribution < -0.4 is 10.1 Å². The first-order chi connectivity index (χ1) is 13.0. The first-order valence-electron chi connectivity index (χ1n) is 8.93. The molecule has 1 aliphatic heterocycles. The Balaban J connectivity index is 1.83. The number of hydrogen-bond donors (Lipinski definition) is 1. The number of nitrogens with one attached hydrogen (secondary N) is 1. The lowest BCUT2D eigenvalue weighted by atomic mass is 9.66. The summed E-state index contributed by atoms with van der Waals surface area (Å²) in [5.41, 5.74) is 1.92. The van der Waals surface area contributed by atoms with Gasteiger partial charge < -0.3 is 10.1 Å². The van der Waals surface area contributed by atoms with Crippen molar-refractivity contribution in [1.82, 2.24) is 10.3 Å². The van der Waals surface area contributed by atoms with Crippen molar-refractivity contribution in [2.45, 2.75) is 24.8 Å². The summed E-state index contributed by atoms with van der Waals surface area (Å²) in [6, 6.07) is 9.57. The molecule has 5 atom stereocenters. The third-order valence-electron chi connectivity index (χ3n) is 5.65. The molecule has 2 aliphatic rings. The van der Waals surface area contributed by atoms with Gasteiger partial charge in [-0.2, -0.15) is 0 Å². The highest BCUT2D eigenvalue weighted by Crippen LogP contribution is 2.50. The Morgan fingerprint density at radius 2 is 1.89 bits per heavy atom. The second kappa shape index (κ2) is 7.17. The van der Waals surface area contributed by atoms with Crippen molar-refractivity contribution in [2.75, 3.05) is 7.11 Å². The number of hydrogen-bond acceptors (Lipinski definition) is 3. The highest BCUT2D eigenvalue weighted by Gasteiger charge is 2.49. The van der Waals surface area contributed by atoms with E-state index in [0.29, 0.717) is 15.8 Å². The zero-order valence-electron chi connectivity index (χ0n) is 15.0. The molecule has 1 fully saturated rings. The van der Waals surface area contributed by atoms with Gasteiger partial charge in [0, 0.05) is 40.7 Å². The van der Waals surface area contributed by atoms with Crippen LogP contribution in [0.15, 0.2) is 48.7 Å². The number of nitrogens with zero attached hydrogens (tertiary/aromatic N) is 1. The normalized spacial score (nSPS) is 29.3. The second-order valence-corrected chi connectivity index (χ2v) is 7.97. The maximum Gasteiger partial charge on any atom is 0.227 e. The van der Waals surface area contributed by atoms with Crippen LogP contribution in [0.1, 0.15) is 30.0 Å². The van der Waals surface area contributed by atoms with Crippen LogP contribution in [0.5, 0.6) is 5.75 Å². The van der Waals surface area contributed by atoms with Crippen molar-refractivity contribution in [3.05, 3.63) is 70.0 Å². The number of carbonyl (C=O) groups is 1. The maximum absolute atomic E-state index is 12.4. The Kier molecular flexibility index (Phi) is 4.87. The van der Waals surface area contributed by atoms with Crippen LogP contribution in [0.4, 0.5) is 0 Å². The van der Waals surface area contributed by atoms with E-state index in [9.17, 15) is 4.79 Å². The molecule has 2 heterocycles. The molecule has 0 saturated carbocycles. The Bertz CT molecular complexity index is 898. The van der Waals surface area contributed by atoms with E-state index in [0.717, 1.165) is 11.3 Å². The zero-order chi connectivity index (χ0) is 19.1. The molecule has 140 valence electrons. The molecule has 0 radical (unpaired) electrons. The van der Waals surface area contributed by atoms with Crippen LogP contribution in [-0.2, 0) is 4.79 Å². The summed E-state index contributed by atoms with van der Waals surface area (Å²) in [7, 11) is 1.62. The van der Waals surface area contributed by atoms with Crippen LogP contribution in [0.3, 0.4) is 0 Å². The largest absolute Gasteiger partial charge is 0.497 e. The molecule has 1 aliphatic carbocycles. The second-order valence-electron chi connectivity index (χ2n) is 7.13. The van der Waals surface area contributed by atoms with Gasteiger partial charge in [0.15, 0.2) is 0 Å². The average Bonchev–Trinajstić information content (AvgIpc) is 2.96. The van der Waals surface area contributed by atoms with Gasteiger partial charge in [0.1, 0.15) is 5.75 Å². The minimum absolute atomic E-state index is 0.00785. The summed E-state index contributed by atoms with van der Waals surface area (Å²) < 4.78 is 5.28. The maximum atomic E-state index is 12.4. The summed E-state index contributed by atoms with van der Waals surface area (Å²) in [6.07, 6.45) is 5.76. The van der Waals surface area contributed by atoms with Crippen molar-refractivity contribution in [1.29, 1.82) is 0 Å². The van der Waals surface area contributed by atoms with Gasteiger partial charge in [0.25, 0.3) is 0 Å². The third-order valence-corrected chi connectivity index (χ3v) is 6.20. The summed E-state index contributed by atoms with van der Waals surface area (Å²) in [5.74, 6) is 0.747. The topological polar surface area (TPSA) is 51.2 Å². The van der Waals surface area contributed by atoms with Crippen LogP contribution in [-0.4, -0.2) is 24.0 Å². The van der Waals surface area contributed by atoms with E-state index in [1.807, 2.05) is 36.4 Å². The van der Waals surface area contributed by atoms with Gasteiger partial charge in [0.05, 0.1) is 18.1 Å². The number of ether oxygens (including phenoxy) is 1. The van der Waals surface area contributed by atoms with E-state index in [4.69, 9.17) is 27.9 Å². The van der Waals surface area contributed by atoms with Crippen LogP contribution in [0, 0.1) is 11.8 Å². The number of methoxy groups -OCH3 is 1. The van der Waals surface area contributed by atoms with Crippen molar-refractivity contribution in [3.63, 3.8) is 0 Å². The average molecular weight is 403 g/mol. The van der Waals surface area contributed by atoms with Gasteiger partial charge in [-0.25, -0.2) is 0 Å². The molecule has 1 aromatic heterocycles. The van der Waals surface area contributed by atoms with Crippen molar-refractivity contribution >= 4 is 29.1 Å². The van der Waals surface area contributed by atoms with Gasteiger partial charge in [-0.1, -0.05) is 41.4 Å². The Morgan fingerprint density at radius 1 is 1.11 bits per heavy atom. The van der Waals surface area contributed by atoms with E-state index < -0.39 is 0 Å². The lowest BCUT2D eigenvalue weighted by molar-refractivity contribution is -0.121. The molecule has 27 heavy (non-hydrogen) atoms. The quantitative estimate of drug-likeness (QED) is 0.763. The molecule has 0 unspecified atom stereocenters. The molecule has 0 spiro atoms. The fraction of sp³-hybridized carbons (Fsp3) is 0.333. The molecule has 6 heteroatoms. The van der Waals surface area contributed by atoms with Crippen LogP contribution >= 0.6 is 23.2 Å². The standard InChI is InChI=1S/C21H20Cl2N2O2/c1-11-19-16(21(26)25-11)7-6-15(14-5-4-13(27-2)9-17(14)23)20(19)18-8-3-12(22)10-24-18/h3-11,15-16,19-20H,1-2H3,(H,25,26)/t11-,15+,16+,19-,20-/m1/s1. The first-order valence-corrected chi connectivity index (χ1v) is 9.68. The molecule has 1 amide bonds. The number of rotatable bonds is 3. The molecule has 4 nitrogen and oxygen atoms in total. The summed E-state index contributed by atoms with van der Waals surface area (Å²) in [4.78, 5) is 17.0. The molecule has 2 aromatic rings. The summed E-state index contributed by atoms with van der Waals surface area (Å²) in [5, 5.41) is 4.31. The van der Waals surface area contributed by atoms with E-state index in [-0.39, 0.29) is 35.6 Å². The third kappa shape index (κ3) is 3.21. The molecule has 0 bridgehead atoms. The number of aromatic nitrogens is 1. The van der Waals surface area contributed by atoms with E-state index in [1.54, 1.807) is 13.3 Å². The van der Waals surface area contributed by atoms with Gasteiger partial charge in [0.2, 0.25) is 5.91 Å². The van der Waals surface area contributed by atoms with Crippen LogP contribution in [0.25, 0.3) is 0 Å². The van der Waals surface area contributed by atoms with Crippen LogP contribution in [0.2, 0.25) is 10.0 Å². The number of halogens is 2. The Morgan fingerprint density at radius 3 is 2.56 bits per heavy atom. The SMILES string of the molecule is COc1ccc([C@@H]2C=C[C@@H]3C(=O)N[C@H](C)[C@H]3[C@H]2c2ccc(Cl)cn2)c(Cl)c1. The number of benzene rings is 1. The molecular weight excluding hydrogens is 383 g/mol. The molecule has 4 rings (SSSR count). The summed E-state index contributed by atoms with van der Waals surface area (Å²) in [6.45, 7) is 2.05. The predicted octanol–water partition coefficient (Wildman–Crippen LogP) is 4.58. The Labute approximate surface area is 168 Å². The highest BCUT2D eigenvalue weighted by molar-refractivity contribution is 6.31. The van der Waals surface area contributed by atoms with Gasteiger partial charge in [-0.15, -0.1) is 0 Å². The minimum atomic E-state index is -0.157. The predicted molar refractivity (Wildman–Crippen MR) is 106 cm³/mol. The number of pyridine rings is 1. The molecular formula is C21H20Cl2N2O2. The highest BCUT2D eigenvalue weighted by atomic mass is 35.5. The van der Waals surface area contributed by atoms with E-state index >= 15 is 0 Å². The Hall–Kier alpha value is -2.04. The smallest absolute Gasteiger partial charge is 0.227 e. The molecule has 1 saturated heterocycles. The lowest BCUT2D eigenvalue weighted by Gasteiger charge is -2.37. The number of allylic oxidation sites excluding steroid dienone is 1.